The topological polar surface area (TPSA) is 84.6 Å². The molecule has 1 aliphatic rings. The summed E-state index contributed by atoms with van der Waals surface area (Å²) in [4.78, 5) is 10.4. The molecule has 0 aromatic heterocycles. The third-order valence-electron chi connectivity index (χ3n) is 3.18. The summed E-state index contributed by atoms with van der Waals surface area (Å²) in [5, 5.41) is 12.9. The predicted octanol–water partition coefficient (Wildman–Crippen LogP) is 1.45. The Balaban J connectivity index is 1.95. The number of carbonyl (C=O) groups excluding carboxylic acids is 1. The molecular weight excluding hydrogens is 232 g/mol. The zero-order valence-corrected chi connectivity index (χ0v) is 10.2. The van der Waals surface area contributed by atoms with Gasteiger partial charge in [0.15, 0.2) is 0 Å². The Morgan fingerprint density at radius 1 is 1.56 bits per heavy atom. The van der Waals surface area contributed by atoms with Crippen molar-refractivity contribution in [2.75, 3.05) is 13.2 Å². The van der Waals surface area contributed by atoms with Crippen molar-refractivity contribution in [2.45, 2.75) is 25.3 Å². The number of rotatable bonds is 4. The minimum Gasteiger partial charge on any atom is -0.508 e. The summed E-state index contributed by atoms with van der Waals surface area (Å²) >= 11 is 0. The van der Waals surface area contributed by atoms with Gasteiger partial charge in [-0.05, 0) is 42.5 Å². The van der Waals surface area contributed by atoms with E-state index in [1.807, 2.05) is 6.07 Å². The van der Waals surface area contributed by atoms with Gasteiger partial charge in [-0.2, -0.15) is 0 Å². The highest BCUT2D eigenvalue weighted by Gasteiger charge is 2.19. The highest BCUT2D eigenvalue weighted by Crippen LogP contribution is 2.31. The summed E-state index contributed by atoms with van der Waals surface area (Å²) in [5.74, 6) is 0.288. The van der Waals surface area contributed by atoms with Crippen LogP contribution in [0.25, 0.3) is 0 Å². The van der Waals surface area contributed by atoms with Gasteiger partial charge in [0, 0.05) is 12.6 Å². The van der Waals surface area contributed by atoms with Gasteiger partial charge in [-0.1, -0.05) is 6.07 Å². The van der Waals surface area contributed by atoms with Gasteiger partial charge >= 0.3 is 6.09 Å². The molecular formula is C13H18N2O3. The number of fused-ring (bicyclic) bond motifs is 1. The largest absolute Gasteiger partial charge is 0.508 e. The maximum absolute atomic E-state index is 10.4. The maximum Gasteiger partial charge on any atom is 0.404 e. The molecule has 0 saturated heterocycles. The highest BCUT2D eigenvalue weighted by molar-refractivity contribution is 5.64. The van der Waals surface area contributed by atoms with E-state index in [4.69, 9.17) is 5.73 Å². The number of nitrogens with one attached hydrogen (secondary N) is 1. The van der Waals surface area contributed by atoms with Crippen LogP contribution in [-0.2, 0) is 11.2 Å². The average molecular weight is 250 g/mol. The molecule has 5 nitrogen and oxygen atoms in total. The second kappa shape index (κ2) is 5.73. The molecule has 18 heavy (non-hydrogen) atoms. The molecule has 1 aromatic carbocycles. The Hall–Kier alpha value is -1.75. The number of nitrogens with two attached hydrogens (primary N) is 1. The van der Waals surface area contributed by atoms with Crippen molar-refractivity contribution < 1.29 is 14.6 Å². The Bertz CT molecular complexity index is 434. The maximum atomic E-state index is 10.4. The molecule has 1 amide bonds. The van der Waals surface area contributed by atoms with Crippen LogP contribution in [0.15, 0.2) is 18.2 Å². The van der Waals surface area contributed by atoms with Crippen LogP contribution < -0.4 is 11.1 Å². The molecule has 5 heteroatoms. The fourth-order valence-corrected chi connectivity index (χ4v) is 2.38. The number of ether oxygens (including phenoxy) is 1. The third kappa shape index (κ3) is 3.13. The molecule has 1 aromatic rings. The number of hydrogen-bond donors (Lipinski definition) is 3. The molecule has 4 N–H and O–H groups in total. The summed E-state index contributed by atoms with van der Waals surface area (Å²) < 4.78 is 4.67. The zero-order chi connectivity index (χ0) is 13.0. The smallest absolute Gasteiger partial charge is 0.404 e. The minimum absolute atomic E-state index is 0.206. The van der Waals surface area contributed by atoms with E-state index < -0.39 is 6.09 Å². The minimum atomic E-state index is -0.751. The molecule has 0 fully saturated rings. The van der Waals surface area contributed by atoms with Gasteiger partial charge in [-0.25, -0.2) is 4.79 Å². The van der Waals surface area contributed by atoms with E-state index in [0.717, 1.165) is 24.8 Å². The molecule has 1 atom stereocenters. The van der Waals surface area contributed by atoms with Crippen LogP contribution in [0.1, 0.15) is 30.0 Å². The number of carbonyl (C=O) groups is 1. The van der Waals surface area contributed by atoms with Gasteiger partial charge in [0.1, 0.15) is 12.4 Å². The van der Waals surface area contributed by atoms with Gasteiger partial charge in [0.25, 0.3) is 0 Å². The molecule has 1 unspecified atom stereocenters. The number of aryl methyl sites for hydroxylation is 1. The molecule has 0 heterocycles. The molecule has 0 spiro atoms. The van der Waals surface area contributed by atoms with Gasteiger partial charge in [0.2, 0.25) is 0 Å². The van der Waals surface area contributed by atoms with Crippen molar-refractivity contribution in [3.8, 4) is 5.75 Å². The highest BCUT2D eigenvalue weighted by atomic mass is 16.5. The first-order chi connectivity index (χ1) is 8.66. The molecule has 1 aliphatic carbocycles. The number of benzene rings is 1. The summed E-state index contributed by atoms with van der Waals surface area (Å²) in [7, 11) is 0. The lowest BCUT2D eigenvalue weighted by atomic mass is 9.87. The van der Waals surface area contributed by atoms with Gasteiger partial charge < -0.3 is 20.9 Å². The van der Waals surface area contributed by atoms with Crippen LogP contribution in [0, 0.1) is 0 Å². The molecule has 0 radical (unpaired) electrons. The Morgan fingerprint density at radius 2 is 2.39 bits per heavy atom. The normalized spacial score (nSPS) is 18.1. The van der Waals surface area contributed by atoms with Crippen molar-refractivity contribution in [2.24, 2.45) is 5.73 Å². The van der Waals surface area contributed by atoms with Crippen molar-refractivity contribution in [1.29, 1.82) is 0 Å². The van der Waals surface area contributed by atoms with E-state index >= 15 is 0 Å². The van der Waals surface area contributed by atoms with Gasteiger partial charge in [-0.15, -0.1) is 0 Å². The van der Waals surface area contributed by atoms with Crippen molar-refractivity contribution in [1.82, 2.24) is 5.32 Å². The van der Waals surface area contributed by atoms with E-state index in [1.165, 1.54) is 5.56 Å². The second-order valence-corrected chi connectivity index (χ2v) is 4.45. The van der Waals surface area contributed by atoms with E-state index in [1.54, 1.807) is 12.1 Å². The monoisotopic (exact) mass is 250 g/mol. The van der Waals surface area contributed by atoms with Crippen LogP contribution in [0.3, 0.4) is 0 Å². The average Bonchev–Trinajstić information content (AvgIpc) is 2.34. The SMILES string of the molecule is NC(=O)OCCNC1CCCc2ccc(O)cc21. The van der Waals surface area contributed by atoms with Crippen molar-refractivity contribution in [3.05, 3.63) is 29.3 Å². The van der Waals surface area contributed by atoms with E-state index in [9.17, 15) is 9.90 Å². The first-order valence-electron chi connectivity index (χ1n) is 6.14. The second-order valence-electron chi connectivity index (χ2n) is 4.45. The third-order valence-corrected chi connectivity index (χ3v) is 3.18. The summed E-state index contributed by atoms with van der Waals surface area (Å²) in [6.07, 6.45) is 2.43. The first-order valence-corrected chi connectivity index (χ1v) is 6.14. The Labute approximate surface area is 106 Å². The first kappa shape index (κ1) is 12.7. The quantitative estimate of drug-likeness (QED) is 0.706. The number of primary amides is 1. The van der Waals surface area contributed by atoms with Crippen LogP contribution in [0.4, 0.5) is 4.79 Å². The zero-order valence-electron chi connectivity index (χ0n) is 10.2. The number of amides is 1. The van der Waals surface area contributed by atoms with E-state index in [2.05, 4.69) is 10.1 Å². The number of phenolic OH excluding ortho intramolecular Hbond substituents is 1. The molecule has 0 aliphatic heterocycles. The summed E-state index contributed by atoms with van der Waals surface area (Å²) in [5.41, 5.74) is 7.30. The molecule has 98 valence electrons. The van der Waals surface area contributed by atoms with Crippen molar-refractivity contribution >= 4 is 6.09 Å². The summed E-state index contributed by atoms with van der Waals surface area (Å²) in [6.45, 7) is 0.822. The van der Waals surface area contributed by atoms with Gasteiger partial charge in [0.05, 0.1) is 0 Å². The Kier molecular flexibility index (Phi) is 4.04. The van der Waals surface area contributed by atoms with Crippen molar-refractivity contribution in [3.63, 3.8) is 0 Å². The van der Waals surface area contributed by atoms with Crippen LogP contribution in [0.5, 0.6) is 5.75 Å². The number of phenols is 1. The lowest BCUT2D eigenvalue weighted by Crippen LogP contribution is -2.29. The number of hydrogen-bond acceptors (Lipinski definition) is 4. The fourth-order valence-electron chi connectivity index (χ4n) is 2.38. The molecule has 0 saturated carbocycles. The lowest BCUT2D eigenvalue weighted by Gasteiger charge is -2.26. The van der Waals surface area contributed by atoms with E-state index in [-0.39, 0.29) is 18.4 Å². The molecule has 0 bridgehead atoms. The lowest BCUT2D eigenvalue weighted by molar-refractivity contribution is 0.155. The Morgan fingerprint density at radius 3 is 3.17 bits per heavy atom. The molecule has 2 rings (SSSR count). The van der Waals surface area contributed by atoms with Gasteiger partial charge in [-0.3, -0.25) is 0 Å². The van der Waals surface area contributed by atoms with E-state index in [0.29, 0.717) is 6.54 Å². The van der Waals surface area contributed by atoms with Crippen LogP contribution in [-0.4, -0.2) is 24.4 Å². The van der Waals surface area contributed by atoms with Crippen LogP contribution >= 0.6 is 0 Å². The standard InChI is InChI=1S/C13H18N2O3/c14-13(17)18-7-6-15-12-3-1-2-9-4-5-10(16)8-11(9)12/h4-5,8,12,15-16H,1-3,6-7H2,(H2,14,17). The summed E-state index contributed by atoms with van der Waals surface area (Å²) in [6, 6.07) is 5.70. The van der Waals surface area contributed by atoms with Crippen LogP contribution in [0.2, 0.25) is 0 Å². The number of aromatic hydroxyl groups is 1. The fraction of sp³-hybridized carbons (Fsp3) is 0.462. The predicted molar refractivity (Wildman–Crippen MR) is 67.3 cm³/mol.